The van der Waals surface area contributed by atoms with E-state index in [2.05, 4.69) is 0 Å². The van der Waals surface area contributed by atoms with Crippen LogP contribution in [0.3, 0.4) is 0 Å². The van der Waals surface area contributed by atoms with Gasteiger partial charge in [-0.3, -0.25) is 4.79 Å². The number of ketones is 1. The third-order valence-corrected chi connectivity index (χ3v) is 7.36. The lowest BCUT2D eigenvalue weighted by atomic mass is 10.0. The van der Waals surface area contributed by atoms with E-state index in [0.717, 1.165) is 12.5 Å². The van der Waals surface area contributed by atoms with Crippen molar-refractivity contribution in [3.8, 4) is 0 Å². The highest BCUT2D eigenvalue weighted by Gasteiger charge is 2.22. The summed E-state index contributed by atoms with van der Waals surface area (Å²) in [5.74, 6) is -1.05. The Bertz CT molecular complexity index is 1330. The highest BCUT2D eigenvalue weighted by atomic mass is 35.5. The smallest absolute Gasteiger partial charge is 0.199 e. The molecule has 0 aliphatic carbocycles. The lowest BCUT2D eigenvalue weighted by molar-refractivity contribution is -0.605. The van der Waals surface area contributed by atoms with Crippen molar-refractivity contribution in [2.45, 2.75) is 15.5 Å². The van der Waals surface area contributed by atoms with Gasteiger partial charge in [0, 0.05) is 22.9 Å². The predicted octanol–water partition coefficient (Wildman–Crippen LogP) is 2.58. The van der Waals surface area contributed by atoms with Crippen LogP contribution in [0.4, 0.5) is 0 Å². The van der Waals surface area contributed by atoms with Gasteiger partial charge in [-0.1, -0.05) is 17.7 Å². The van der Waals surface area contributed by atoms with Crippen molar-refractivity contribution in [2.75, 3.05) is 6.26 Å². The minimum Gasteiger partial charge on any atom is -0.619 e. The van der Waals surface area contributed by atoms with Crippen LogP contribution in [-0.2, 0) is 25.4 Å². The Morgan fingerprint density at radius 3 is 2.23 bits per heavy atom. The van der Waals surface area contributed by atoms with Gasteiger partial charge in [-0.05, 0) is 48.0 Å². The maximum absolute atomic E-state index is 12.9. The van der Waals surface area contributed by atoms with Crippen molar-refractivity contribution in [3.05, 3.63) is 93.9 Å². The minimum absolute atomic E-state index is 0.00111. The van der Waals surface area contributed by atoms with Gasteiger partial charge in [0.15, 0.2) is 37.9 Å². The Hall–Kier alpha value is -2.75. The molecule has 156 valence electrons. The van der Waals surface area contributed by atoms with Gasteiger partial charge in [-0.25, -0.2) is 16.8 Å². The van der Waals surface area contributed by atoms with E-state index >= 15 is 0 Å². The predicted molar refractivity (Wildman–Crippen MR) is 111 cm³/mol. The summed E-state index contributed by atoms with van der Waals surface area (Å²) in [6, 6.07) is 12.0. The number of halogens is 1. The summed E-state index contributed by atoms with van der Waals surface area (Å²) in [7, 11) is -7.35. The quantitative estimate of drug-likeness (QED) is 0.314. The summed E-state index contributed by atoms with van der Waals surface area (Å²) in [4.78, 5) is 12.8. The number of hydrogen-bond acceptors (Lipinski definition) is 6. The van der Waals surface area contributed by atoms with Gasteiger partial charge in [0.2, 0.25) is 0 Å². The zero-order valence-corrected chi connectivity index (χ0v) is 18.0. The maximum Gasteiger partial charge on any atom is 0.199 e. The van der Waals surface area contributed by atoms with Gasteiger partial charge < -0.3 is 5.21 Å². The Labute approximate surface area is 179 Å². The summed E-state index contributed by atoms with van der Waals surface area (Å²) >= 11 is 6.00. The van der Waals surface area contributed by atoms with Crippen LogP contribution < -0.4 is 4.73 Å². The Balaban J connectivity index is 1.99. The molecule has 7 nitrogen and oxygen atoms in total. The molecule has 0 fully saturated rings. The Kier molecular flexibility index (Phi) is 5.98. The van der Waals surface area contributed by atoms with Crippen LogP contribution in [0.2, 0.25) is 5.02 Å². The molecule has 0 amide bonds. The highest BCUT2D eigenvalue weighted by Crippen LogP contribution is 2.24. The fourth-order valence-corrected chi connectivity index (χ4v) is 4.99. The summed E-state index contributed by atoms with van der Waals surface area (Å²) in [5, 5.41) is 11.7. The van der Waals surface area contributed by atoms with Crippen LogP contribution in [-0.4, -0.2) is 28.9 Å². The highest BCUT2D eigenvalue weighted by molar-refractivity contribution is 7.91. The number of benzene rings is 2. The fourth-order valence-electron chi connectivity index (χ4n) is 2.81. The number of rotatable bonds is 6. The number of pyridine rings is 1. The van der Waals surface area contributed by atoms with Crippen LogP contribution in [0.1, 0.15) is 21.5 Å². The average molecular weight is 466 g/mol. The molecule has 0 N–H and O–H groups in total. The van der Waals surface area contributed by atoms with Crippen molar-refractivity contribution in [1.82, 2.24) is 0 Å². The third-order valence-electron chi connectivity index (χ3n) is 4.31. The van der Waals surface area contributed by atoms with Crippen molar-refractivity contribution >= 4 is 37.1 Å². The fraction of sp³-hybridized carbons (Fsp3) is 0.100. The molecular formula is C20H16ClNO6S2. The second-order valence-corrected chi connectivity index (χ2v) is 11.0. The molecule has 0 bridgehead atoms. The van der Waals surface area contributed by atoms with Crippen LogP contribution in [0, 0.1) is 5.21 Å². The van der Waals surface area contributed by atoms with Gasteiger partial charge in [0.05, 0.1) is 21.1 Å². The molecule has 2 aromatic carbocycles. The monoisotopic (exact) mass is 465 g/mol. The number of hydrogen-bond donors (Lipinski definition) is 0. The largest absolute Gasteiger partial charge is 0.619 e. The topological polar surface area (TPSA) is 112 Å². The maximum atomic E-state index is 12.9. The SMILES string of the molecule is CS(=O)(=O)c1ccc(S(=O)(=O)Cc2ccc(Cl)cc2C(=O)c2ccc[n+]([O-])c2)cc1. The molecule has 0 atom stereocenters. The Morgan fingerprint density at radius 1 is 1.00 bits per heavy atom. The first-order valence-electron chi connectivity index (χ1n) is 8.52. The molecule has 0 aliphatic heterocycles. The molecule has 30 heavy (non-hydrogen) atoms. The first-order valence-corrected chi connectivity index (χ1v) is 12.4. The van der Waals surface area contributed by atoms with E-state index in [-0.39, 0.29) is 31.5 Å². The number of carbonyl (C=O) groups excluding carboxylic acids is 1. The molecule has 3 rings (SSSR count). The van der Waals surface area contributed by atoms with Gasteiger partial charge in [0.1, 0.15) is 0 Å². The first-order chi connectivity index (χ1) is 14.0. The van der Waals surface area contributed by atoms with E-state index < -0.39 is 31.2 Å². The average Bonchev–Trinajstić information content (AvgIpc) is 2.68. The molecule has 1 aromatic heterocycles. The molecule has 0 spiro atoms. The van der Waals surface area contributed by atoms with E-state index in [4.69, 9.17) is 11.6 Å². The van der Waals surface area contributed by atoms with E-state index in [1.165, 1.54) is 60.8 Å². The molecule has 0 aliphatic rings. The summed E-state index contributed by atoms with van der Waals surface area (Å²) in [5.41, 5.74) is 0.355. The van der Waals surface area contributed by atoms with E-state index in [0.29, 0.717) is 4.73 Å². The summed E-state index contributed by atoms with van der Waals surface area (Å²) in [6.07, 6.45) is 3.34. The lowest BCUT2D eigenvalue weighted by Crippen LogP contribution is -2.26. The summed E-state index contributed by atoms with van der Waals surface area (Å²) < 4.78 is 49.3. The van der Waals surface area contributed by atoms with Crippen LogP contribution in [0.25, 0.3) is 0 Å². The third kappa shape index (κ3) is 4.86. The molecule has 0 saturated heterocycles. The van der Waals surface area contributed by atoms with Crippen molar-refractivity contribution in [2.24, 2.45) is 0 Å². The Morgan fingerprint density at radius 2 is 1.63 bits per heavy atom. The number of carbonyl (C=O) groups is 1. The molecule has 0 radical (unpaired) electrons. The van der Waals surface area contributed by atoms with Gasteiger partial charge in [-0.2, -0.15) is 4.73 Å². The minimum atomic E-state index is -3.89. The standard InChI is InChI=1S/C20H16ClNO6S2/c1-29(25,26)17-6-8-18(9-7-17)30(27,28)13-15-4-5-16(21)11-19(15)20(23)14-3-2-10-22(24)12-14/h2-12H,13H2,1H3. The van der Waals surface area contributed by atoms with E-state index in [1.807, 2.05) is 0 Å². The molecule has 0 unspecified atom stereocenters. The summed E-state index contributed by atoms with van der Waals surface area (Å²) in [6.45, 7) is 0. The van der Waals surface area contributed by atoms with Gasteiger partial charge >= 0.3 is 0 Å². The number of sulfone groups is 2. The second-order valence-electron chi connectivity index (χ2n) is 6.59. The molecule has 0 saturated carbocycles. The van der Waals surface area contributed by atoms with Gasteiger partial charge in [-0.15, -0.1) is 0 Å². The van der Waals surface area contributed by atoms with Crippen LogP contribution >= 0.6 is 11.6 Å². The van der Waals surface area contributed by atoms with Crippen LogP contribution in [0.15, 0.2) is 76.8 Å². The first kappa shape index (κ1) is 21.9. The lowest BCUT2D eigenvalue weighted by Gasteiger charge is -2.11. The van der Waals surface area contributed by atoms with Crippen molar-refractivity contribution in [3.63, 3.8) is 0 Å². The van der Waals surface area contributed by atoms with Crippen molar-refractivity contribution in [1.29, 1.82) is 0 Å². The zero-order chi connectivity index (χ0) is 22.1. The van der Waals surface area contributed by atoms with Crippen LogP contribution in [0.5, 0.6) is 0 Å². The molecule has 3 aromatic rings. The van der Waals surface area contributed by atoms with Gasteiger partial charge in [0.25, 0.3) is 0 Å². The molecule has 1 heterocycles. The molecular weight excluding hydrogens is 450 g/mol. The number of nitrogens with zero attached hydrogens (tertiary/aromatic N) is 1. The zero-order valence-electron chi connectivity index (χ0n) is 15.6. The number of aromatic nitrogens is 1. The molecule has 10 heteroatoms. The second kappa shape index (κ2) is 8.17. The van der Waals surface area contributed by atoms with Crippen molar-refractivity contribution < 1.29 is 26.4 Å². The van der Waals surface area contributed by atoms with E-state index in [9.17, 15) is 26.8 Å². The van der Waals surface area contributed by atoms with E-state index in [1.54, 1.807) is 0 Å². The normalized spacial score (nSPS) is 11.9.